The number of aliphatic imine (C=N–C) groups is 1. The molecule has 10 heteroatoms. The molecule has 2 aliphatic heterocycles. The van der Waals surface area contributed by atoms with Crippen molar-refractivity contribution in [3.8, 4) is 0 Å². The molecule has 0 amide bonds. The summed E-state index contributed by atoms with van der Waals surface area (Å²) >= 11 is 0. The minimum Gasteiger partial charge on any atom is -0.386 e. The third kappa shape index (κ3) is 3.81. The van der Waals surface area contributed by atoms with Gasteiger partial charge in [0.05, 0.1) is 27.6 Å². The molecule has 0 saturated carbocycles. The van der Waals surface area contributed by atoms with Crippen molar-refractivity contribution in [2.45, 2.75) is 68.9 Å². The fraction of sp³-hybridized carbons (Fsp3) is 0.500. The summed E-state index contributed by atoms with van der Waals surface area (Å²) in [6, 6.07) is 3.90. The topological polar surface area (TPSA) is 111 Å². The largest absolute Gasteiger partial charge is 0.386 e. The molecule has 0 bridgehead atoms. The molecule has 4 heterocycles. The number of ketones is 1. The third-order valence-electron chi connectivity index (χ3n) is 6.90. The first kappa shape index (κ1) is 24.4. The second-order valence-corrected chi connectivity index (χ2v) is 12.6. The van der Waals surface area contributed by atoms with Gasteiger partial charge in [0, 0.05) is 12.2 Å². The van der Waals surface area contributed by atoms with Gasteiger partial charge in [0.2, 0.25) is 0 Å². The highest BCUT2D eigenvalue weighted by atomic mass is 32.2. The predicted octanol–water partition coefficient (Wildman–Crippen LogP) is 3.87. The molecule has 2 aromatic heterocycles. The van der Waals surface area contributed by atoms with E-state index in [1.54, 1.807) is 27.7 Å². The smallest absolute Gasteiger partial charge is 0.187 e. The summed E-state index contributed by atoms with van der Waals surface area (Å²) in [5, 5.41) is -0.584. The molecule has 0 fully saturated rings. The summed E-state index contributed by atoms with van der Waals surface area (Å²) in [5.41, 5.74) is 5.85. The summed E-state index contributed by atoms with van der Waals surface area (Å²) in [5.74, 6) is -1.36. The van der Waals surface area contributed by atoms with Crippen molar-refractivity contribution in [1.29, 1.82) is 0 Å². The Morgan fingerprint density at radius 1 is 1.24 bits per heavy atom. The van der Waals surface area contributed by atoms with Crippen molar-refractivity contribution in [1.82, 2.24) is 9.97 Å². The fourth-order valence-corrected chi connectivity index (χ4v) is 8.06. The van der Waals surface area contributed by atoms with Crippen molar-refractivity contribution in [2.75, 3.05) is 6.54 Å². The van der Waals surface area contributed by atoms with E-state index in [1.807, 2.05) is 0 Å². The van der Waals surface area contributed by atoms with Crippen LogP contribution in [0.3, 0.4) is 0 Å². The average Bonchev–Trinajstić information content (AvgIpc) is 2.97. The van der Waals surface area contributed by atoms with E-state index in [2.05, 4.69) is 19.3 Å². The maximum atomic E-state index is 15.2. The lowest BCUT2D eigenvalue weighted by Crippen LogP contribution is -2.59. The first-order valence-corrected chi connectivity index (χ1v) is 12.9. The van der Waals surface area contributed by atoms with Crippen LogP contribution in [0.1, 0.15) is 67.5 Å². The van der Waals surface area contributed by atoms with Gasteiger partial charge in [0.1, 0.15) is 39.1 Å². The number of nitrogens with two attached hydrogens (primary N) is 1. The Bertz CT molecular complexity index is 1320. The van der Waals surface area contributed by atoms with E-state index < -0.39 is 36.9 Å². The number of nitrogens with zero attached hydrogens (tertiary/aromatic N) is 4. The Morgan fingerprint density at radius 3 is 2.68 bits per heavy atom. The van der Waals surface area contributed by atoms with E-state index in [0.717, 1.165) is 19.0 Å². The first-order valence-electron chi connectivity index (χ1n) is 11.3. The van der Waals surface area contributed by atoms with Gasteiger partial charge in [-0.3, -0.25) is 14.8 Å². The SMILES string of the molecule is Cc1cc(F)cnc1C(=O)Cc1ccc(F)c([C@@]2(C)N=C(N)C(C)(C)[S@]3(=O)=NCCCC[C@H]23)n1. The summed E-state index contributed by atoms with van der Waals surface area (Å²) < 4.78 is 46.6. The molecule has 0 spiro atoms. The van der Waals surface area contributed by atoms with E-state index in [-0.39, 0.29) is 29.4 Å². The molecule has 0 saturated heterocycles. The zero-order valence-corrected chi connectivity index (χ0v) is 20.6. The van der Waals surface area contributed by atoms with Crippen LogP contribution in [0.5, 0.6) is 0 Å². The van der Waals surface area contributed by atoms with Crippen molar-refractivity contribution in [3.63, 3.8) is 0 Å². The van der Waals surface area contributed by atoms with Crippen LogP contribution in [0.2, 0.25) is 0 Å². The van der Waals surface area contributed by atoms with E-state index >= 15 is 4.39 Å². The number of fused-ring (bicyclic) bond motifs is 1. The summed E-state index contributed by atoms with van der Waals surface area (Å²) in [4.78, 5) is 25.9. The van der Waals surface area contributed by atoms with Gasteiger partial charge in [-0.05, 0) is 64.3 Å². The molecule has 2 aromatic rings. The van der Waals surface area contributed by atoms with Crippen molar-refractivity contribution >= 4 is 21.3 Å². The molecule has 34 heavy (non-hydrogen) atoms. The zero-order chi connectivity index (χ0) is 24.9. The molecule has 3 atom stereocenters. The quantitative estimate of drug-likeness (QED) is 0.656. The van der Waals surface area contributed by atoms with Crippen LogP contribution in [0.25, 0.3) is 0 Å². The minimum absolute atomic E-state index is 0.00476. The molecular formula is C24H29F2N5O2S. The molecule has 182 valence electrons. The Labute approximate surface area is 198 Å². The van der Waals surface area contributed by atoms with E-state index in [9.17, 15) is 13.4 Å². The van der Waals surface area contributed by atoms with Crippen molar-refractivity contribution in [2.24, 2.45) is 15.1 Å². The number of aromatic nitrogens is 2. The van der Waals surface area contributed by atoms with Crippen LogP contribution in [-0.2, 0) is 21.7 Å². The molecule has 0 aliphatic carbocycles. The molecular weight excluding hydrogens is 460 g/mol. The second kappa shape index (κ2) is 8.48. The standard InChI is InChI=1S/C24H29F2N5O2S/c1-14-11-15(25)13-28-20(14)18(32)12-16-8-9-17(26)21(30-16)24(4)19-7-5-6-10-29-34(19,33)23(2,3)22(27)31-24/h8-9,11,13,19H,5-7,10,12H2,1-4H3,(H2,27,31)/t19-,24+,34+/m1/s1. The Hall–Kier alpha value is -2.75. The fourth-order valence-electron chi connectivity index (χ4n) is 4.83. The number of amidine groups is 1. The number of halogens is 2. The number of pyridine rings is 2. The van der Waals surface area contributed by atoms with Gasteiger partial charge in [-0.25, -0.2) is 22.3 Å². The lowest BCUT2D eigenvalue weighted by atomic mass is 9.88. The average molecular weight is 490 g/mol. The molecule has 2 aliphatic rings. The number of carbonyl (C=O) groups excluding carboxylic acids is 1. The summed E-state index contributed by atoms with van der Waals surface area (Å²) in [6.07, 6.45) is 2.94. The molecule has 4 rings (SSSR count). The van der Waals surface area contributed by atoms with Crippen LogP contribution >= 0.6 is 0 Å². The third-order valence-corrected chi connectivity index (χ3v) is 10.6. The summed E-state index contributed by atoms with van der Waals surface area (Å²) in [6.45, 7) is 7.29. The molecule has 2 N–H and O–H groups in total. The Morgan fingerprint density at radius 2 is 1.97 bits per heavy atom. The normalized spacial score (nSPS) is 28.3. The Kier molecular flexibility index (Phi) is 6.08. The van der Waals surface area contributed by atoms with Gasteiger partial charge in [-0.2, -0.15) is 0 Å². The Balaban J connectivity index is 1.80. The van der Waals surface area contributed by atoms with Gasteiger partial charge in [-0.15, -0.1) is 0 Å². The highest BCUT2D eigenvalue weighted by Crippen LogP contribution is 2.46. The van der Waals surface area contributed by atoms with Crippen molar-refractivity contribution < 1.29 is 17.8 Å². The van der Waals surface area contributed by atoms with E-state index in [4.69, 9.17) is 5.73 Å². The van der Waals surface area contributed by atoms with Crippen LogP contribution in [0.4, 0.5) is 8.78 Å². The maximum absolute atomic E-state index is 15.2. The highest BCUT2D eigenvalue weighted by molar-refractivity contribution is 7.96. The molecule has 0 aromatic carbocycles. The minimum atomic E-state index is -2.91. The van der Waals surface area contributed by atoms with Crippen molar-refractivity contribution in [3.05, 3.63) is 58.7 Å². The number of Topliss-reactive ketones (excluding diaryl/α,β-unsaturated/α-hetero) is 1. The zero-order valence-electron chi connectivity index (χ0n) is 19.8. The maximum Gasteiger partial charge on any atom is 0.187 e. The van der Waals surface area contributed by atoms with E-state index in [0.29, 0.717) is 24.2 Å². The van der Waals surface area contributed by atoms with E-state index in [1.165, 1.54) is 18.2 Å². The van der Waals surface area contributed by atoms with Gasteiger partial charge in [0.25, 0.3) is 0 Å². The van der Waals surface area contributed by atoms with Gasteiger partial charge in [-0.1, -0.05) is 6.42 Å². The number of hydrogen-bond donors (Lipinski definition) is 1. The number of carbonyl (C=O) groups is 1. The van der Waals surface area contributed by atoms with Crippen LogP contribution in [-0.4, -0.2) is 42.3 Å². The van der Waals surface area contributed by atoms with Crippen LogP contribution < -0.4 is 5.73 Å². The number of rotatable bonds is 4. The lowest BCUT2D eigenvalue weighted by Gasteiger charge is -2.46. The molecule has 0 radical (unpaired) electrons. The van der Waals surface area contributed by atoms with Gasteiger partial charge >= 0.3 is 0 Å². The highest BCUT2D eigenvalue weighted by Gasteiger charge is 2.56. The van der Waals surface area contributed by atoms with Crippen LogP contribution in [0, 0.1) is 18.6 Å². The summed E-state index contributed by atoms with van der Waals surface area (Å²) in [7, 11) is -2.91. The van der Waals surface area contributed by atoms with Gasteiger partial charge in [0.15, 0.2) is 5.78 Å². The second-order valence-electron chi connectivity index (χ2n) is 9.61. The lowest BCUT2D eigenvalue weighted by molar-refractivity contribution is 0.0986. The number of hydrogen-bond acceptors (Lipinski definition) is 7. The van der Waals surface area contributed by atoms with Gasteiger partial charge < -0.3 is 5.73 Å². The predicted molar refractivity (Wildman–Crippen MR) is 127 cm³/mol. The monoisotopic (exact) mass is 489 g/mol. The molecule has 7 nitrogen and oxygen atoms in total. The molecule has 0 unspecified atom stereocenters. The number of aryl methyl sites for hydroxylation is 1. The first-order chi connectivity index (χ1) is 15.9. The van der Waals surface area contributed by atoms with Crippen LogP contribution in [0.15, 0.2) is 33.8 Å².